The number of thiophene rings is 1. The Labute approximate surface area is 172 Å². The lowest BCUT2D eigenvalue weighted by Crippen LogP contribution is -2.44. The molecule has 2 aromatic rings. The zero-order valence-corrected chi connectivity index (χ0v) is 17.8. The van der Waals surface area contributed by atoms with Gasteiger partial charge in [-0.3, -0.25) is 14.9 Å². The van der Waals surface area contributed by atoms with E-state index < -0.39 is 24.0 Å². The van der Waals surface area contributed by atoms with Crippen molar-refractivity contribution in [3.63, 3.8) is 0 Å². The molecule has 9 nitrogen and oxygen atoms in total. The Balaban J connectivity index is 1.60. The molecule has 3 amide bonds. The van der Waals surface area contributed by atoms with Gasteiger partial charge >= 0.3 is 12.0 Å². The Bertz CT molecular complexity index is 936. The minimum atomic E-state index is -1.03. The number of nitrogens with one attached hydrogen (secondary N) is 2. The number of nitrogens with zero attached hydrogens (tertiary/aromatic N) is 3. The fourth-order valence-electron chi connectivity index (χ4n) is 3.33. The van der Waals surface area contributed by atoms with Gasteiger partial charge in [0, 0.05) is 25.0 Å². The molecule has 1 aliphatic rings. The van der Waals surface area contributed by atoms with Gasteiger partial charge in [-0.2, -0.15) is 0 Å². The molecule has 0 unspecified atom stereocenters. The summed E-state index contributed by atoms with van der Waals surface area (Å²) in [6.45, 7) is 6.94. The van der Waals surface area contributed by atoms with Gasteiger partial charge < -0.3 is 15.0 Å². The molecule has 0 bridgehead atoms. The van der Waals surface area contributed by atoms with Crippen molar-refractivity contribution in [2.45, 2.75) is 39.7 Å². The first-order chi connectivity index (χ1) is 13.8. The molecule has 29 heavy (non-hydrogen) atoms. The van der Waals surface area contributed by atoms with Crippen LogP contribution in [0.5, 0.6) is 0 Å². The summed E-state index contributed by atoms with van der Waals surface area (Å²) in [5.41, 5.74) is 1.19. The van der Waals surface area contributed by atoms with Gasteiger partial charge in [0.15, 0.2) is 6.10 Å². The van der Waals surface area contributed by atoms with Crippen LogP contribution in [-0.2, 0) is 14.3 Å². The number of carbonyl (C=O) groups excluding carboxylic acids is 3. The molecule has 1 fully saturated rings. The monoisotopic (exact) mass is 419 g/mol. The maximum atomic E-state index is 12.4. The number of aromatic nitrogens is 2. The van der Waals surface area contributed by atoms with E-state index in [9.17, 15) is 14.4 Å². The number of piperidine rings is 1. The van der Waals surface area contributed by atoms with Crippen LogP contribution in [0.1, 0.15) is 30.2 Å². The molecule has 3 rings (SSSR count). The number of urea groups is 1. The number of amides is 3. The van der Waals surface area contributed by atoms with E-state index in [4.69, 9.17) is 4.74 Å². The summed E-state index contributed by atoms with van der Waals surface area (Å²) in [5, 5.41) is 5.46. The molecule has 0 spiro atoms. The van der Waals surface area contributed by atoms with Gasteiger partial charge in [0.1, 0.15) is 17.0 Å². The van der Waals surface area contributed by atoms with Crippen molar-refractivity contribution < 1.29 is 19.1 Å². The molecule has 1 saturated heterocycles. The van der Waals surface area contributed by atoms with Gasteiger partial charge in [-0.15, -0.1) is 11.3 Å². The highest BCUT2D eigenvalue weighted by atomic mass is 32.1. The molecule has 0 aliphatic carbocycles. The number of fused-ring (bicyclic) bond motifs is 1. The summed E-state index contributed by atoms with van der Waals surface area (Å²) >= 11 is 1.66. The van der Waals surface area contributed by atoms with E-state index in [0.717, 1.165) is 16.0 Å². The molecule has 3 heterocycles. The van der Waals surface area contributed by atoms with Crippen molar-refractivity contribution >= 4 is 45.3 Å². The summed E-state index contributed by atoms with van der Waals surface area (Å²) < 4.78 is 5.26. The molecular weight excluding hydrogens is 394 g/mol. The predicted molar refractivity (Wildman–Crippen MR) is 110 cm³/mol. The Morgan fingerprint density at radius 2 is 1.93 bits per heavy atom. The van der Waals surface area contributed by atoms with Gasteiger partial charge in [-0.05, 0) is 39.2 Å². The highest BCUT2D eigenvalue weighted by molar-refractivity contribution is 7.18. The fourth-order valence-corrected chi connectivity index (χ4v) is 4.32. The average Bonchev–Trinajstić information content (AvgIpc) is 3.01. The number of rotatable bonds is 4. The van der Waals surface area contributed by atoms with E-state index in [1.54, 1.807) is 17.7 Å². The van der Waals surface area contributed by atoms with E-state index in [1.165, 1.54) is 24.4 Å². The third-order valence-electron chi connectivity index (χ3n) is 5.20. The van der Waals surface area contributed by atoms with Crippen LogP contribution in [0.3, 0.4) is 0 Å². The molecule has 1 atom stereocenters. The quantitative estimate of drug-likeness (QED) is 0.728. The van der Waals surface area contributed by atoms with Gasteiger partial charge in [0.05, 0.1) is 11.3 Å². The predicted octanol–water partition coefficient (Wildman–Crippen LogP) is 1.91. The number of hydrogen-bond donors (Lipinski definition) is 2. The van der Waals surface area contributed by atoms with Crippen LogP contribution in [0.4, 0.5) is 10.6 Å². The highest BCUT2D eigenvalue weighted by Crippen LogP contribution is 2.35. The van der Waals surface area contributed by atoms with E-state index in [-0.39, 0.29) is 5.92 Å². The lowest BCUT2D eigenvalue weighted by atomic mass is 9.96. The third kappa shape index (κ3) is 4.47. The van der Waals surface area contributed by atoms with E-state index >= 15 is 0 Å². The first-order valence-electron chi connectivity index (χ1n) is 9.50. The van der Waals surface area contributed by atoms with Gasteiger partial charge in [0.25, 0.3) is 5.91 Å². The maximum Gasteiger partial charge on any atom is 0.321 e. The minimum Gasteiger partial charge on any atom is -0.452 e. The topological polar surface area (TPSA) is 114 Å². The van der Waals surface area contributed by atoms with Crippen molar-refractivity contribution in [1.82, 2.24) is 20.6 Å². The molecule has 2 N–H and O–H groups in total. The van der Waals surface area contributed by atoms with Crippen LogP contribution in [-0.4, -0.2) is 54.1 Å². The minimum absolute atomic E-state index is 0.288. The van der Waals surface area contributed by atoms with Crippen LogP contribution in [0.25, 0.3) is 10.2 Å². The highest BCUT2D eigenvalue weighted by Gasteiger charge is 2.30. The Morgan fingerprint density at radius 1 is 1.24 bits per heavy atom. The Morgan fingerprint density at radius 3 is 2.59 bits per heavy atom. The van der Waals surface area contributed by atoms with Crippen LogP contribution in [0.2, 0.25) is 0 Å². The fraction of sp³-hybridized carbons (Fsp3) is 0.526. The summed E-state index contributed by atoms with van der Waals surface area (Å²) in [4.78, 5) is 48.7. The van der Waals surface area contributed by atoms with Crippen LogP contribution >= 0.6 is 11.3 Å². The van der Waals surface area contributed by atoms with Crippen LogP contribution < -0.4 is 15.5 Å². The smallest absolute Gasteiger partial charge is 0.321 e. The number of carbonyl (C=O) groups is 3. The first-order valence-corrected chi connectivity index (χ1v) is 10.3. The standard InChI is InChI=1S/C19H25N5O4S/c1-10-12(3)29-17-14(10)15(21-9-22-17)24-7-5-13(6-8-24)18(26)28-11(2)16(25)23-19(27)20-4/h9,11,13H,5-8H2,1-4H3,(H2,20,23,25,27)/t11-/m0/s1. The summed E-state index contributed by atoms with van der Waals surface area (Å²) in [5.74, 6) is -0.451. The van der Waals surface area contributed by atoms with Crippen molar-refractivity contribution in [3.05, 3.63) is 16.8 Å². The van der Waals surface area contributed by atoms with Crippen LogP contribution in [0.15, 0.2) is 6.33 Å². The summed E-state index contributed by atoms with van der Waals surface area (Å²) in [6, 6.07) is -0.638. The van der Waals surface area contributed by atoms with Crippen molar-refractivity contribution in [2.75, 3.05) is 25.0 Å². The first kappa shape index (κ1) is 21.0. The molecule has 10 heteroatoms. The Hall–Kier alpha value is -2.75. The van der Waals surface area contributed by atoms with Crippen molar-refractivity contribution in [2.24, 2.45) is 5.92 Å². The maximum absolute atomic E-state index is 12.4. The zero-order valence-electron chi connectivity index (χ0n) is 16.9. The Kier molecular flexibility index (Phi) is 6.31. The molecule has 0 saturated carbocycles. The van der Waals surface area contributed by atoms with Gasteiger partial charge in [-0.25, -0.2) is 14.8 Å². The number of imide groups is 1. The number of hydrogen-bond acceptors (Lipinski definition) is 8. The van der Waals surface area contributed by atoms with E-state index in [1.807, 2.05) is 0 Å². The number of anilines is 1. The number of aryl methyl sites for hydroxylation is 2. The molecular formula is C19H25N5O4S. The second-order valence-corrected chi connectivity index (χ2v) is 8.27. The zero-order chi connectivity index (χ0) is 21.1. The SMILES string of the molecule is CNC(=O)NC(=O)[C@H](C)OC(=O)C1CCN(c2ncnc3sc(C)c(C)c23)CC1. The van der Waals surface area contributed by atoms with E-state index in [0.29, 0.717) is 25.9 Å². The second-order valence-electron chi connectivity index (χ2n) is 7.07. The van der Waals surface area contributed by atoms with Gasteiger partial charge in [0.2, 0.25) is 0 Å². The third-order valence-corrected chi connectivity index (χ3v) is 6.31. The molecule has 0 radical (unpaired) electrons. The lowest BCUT2D eigenvalue weighted by Gasteiger charge is -2.32. The average molecular weight is 420 g/mol. The van der Waals surface area contributed by atoms with E-state index in [2.05, 4.69) is 39.3 Å². The molecule has 0 aromatic carbocycles. The lowest BCUT2D eigenvalue weighted by molar-refractivity contribution is -0.159. The van der Waals surface area contributed by atoms with Crippen molar-refractivity contribution in [3.8, 4) is 0 Å². The molecule has 156 valence electrons. The largest absolute Gasteiger partial charge is 0.452 e. The number of esters is 1. The van der Waals surface area contributed by atoms with Crippen molar-refractivity contribution in [1.29, 1.82) is 0 Å². The van der Waals surface area contributed by atoms with Crippen LogP contribution in [0, 0.1) is 19.8 Å². The second kappa shape index (κ2) is 8.73. The summed E-state index contributed by atoms with van der Waals surface area (Å²) in [6.07, 6.45) is 1.77. The molecule has 2 aromatic heterocycles. The number of ether oxygens (including phenoxy) is 1. The molecule has 1 aliphatic heterocycles. The summed E-state index contributed by atoms with van der Waals surface area (Å²) in [7, 11) is 1.40. The normalized spacial score (nSPS) is 15.8. The van der Waals surface area contributed by atoms with Gasteiger partial charge in [-0.1, -0.05) is 0 Å².